The highest BCUT2D eigenvalue weighted by Gasteiger charge is 2.16. The van der Waals surface area contributed by atoms with Gasteiger partial charge in [-0.1, -0.05) is 30.3 Å². The summed E-state index contributed by atoms with van der Waals surface area (Å²) in [7, 11) is 0. The third-order valence-corrected chi connectivity index (χ3v) is 4.63. The Labute approximate surface area is 120 Å². The first kappa shape index (κ1) is 12.6. The van der Waals surface area contributed by atoms with Crippen molar-refractivity contribution < 1.29 is 0 Å². The van der Waals surface area contributed by atoms with E-state index >= 15 is 0 Å². The molecule has 1 N–H and O–H groups in total. The van der Waals surface area contributed by atoms with E-state index in [9.17, 15) is 0 Å². The zero-order valence-electron chi connectivity index (χ0n) is 10.7. The fourth-order valence-electron chi connectivity index (χ4n) is 2.13. The minimum absolute atomic E-state index is 0.905. The van der Waals surface area contributed by atoms with Crippen molar-refractivity contribution in [2.75, 3.05) is 12.5 Å². The van der Waals surface area contributed by atoms with E-state index in [4.69, 9.17) is 0 Å². The Morgan fingerprint density at radius 3 is 2.47 bits per heavy atom. The van der Waals surface area contributed by atoms with Crippen molar-refractivity contribution in [3.63, 3.8) is 0 Å². The molecular formula is C14H13N3S2. The number of aromatic nitrogens is 3. The van der Waals surface area contributed by atoms with Gasteiger partial charge >= 0.3 is 0 Å². The summed E-state index contributed by atoms with van der Waals surface area (Å²) >= 11 is 3.44. The van der Waals surface area contributed by atoms with Crippen LogP contribution >= 0.6 is 23.5 Å². The third-order valence-electron chi connectivity index (χ3n) is 2.97. The Morgan fingerprint density at radius 2 is 1.79 bits per heavy atom. The second kappa shape index (κ2) is 5.27. The molecule has 5 heteroatoms. The molecule has 0 saturated heterocycles. The first-order chi connectivity index (χ1) is 9.35. The molecule has 0 aliphatic heterocycles. The van der Waals surface area contributed by atoms with Crippen LogP contribution in [0.1, 0.15) is 0 Å². The van der Waals surface area contributed by atoms with Crippen LogP contribution in [0.4, 0.5) is 0 Å². The van der Waals surface area contributed by atoms with E-state index in [1.165, 1.54) is 4.90 Å². The topological polar surface area (TPSA) is 41.6 Å². The smallest absolute Gasteiger partial charge is 0.143 e. The number of hydrogen-bond acceptors (Lipinski definition) is 4. The lowest BCUT2D eigenvalue weighted by Gasteiger charge is -2.03. The lowest BCUT2D eigenvalue weighted by atomic mass is 10.1. The number of fused-ring (bicyclic) bond motifs is 1. The minimum atomic E-state index is 0.905. The Kier molecular flexibility index (Phi) is 3.48. The Morgan fingerprint density at radius 1 is 1.00 bits per heavy atom. The second-order valence-corrected chi connectivity index (χ2v) is 5.64. The standard InChI is InChI=1S/C14H13N3S2/c1-18-12-10-11(9-6-4-3-5-7-9)15-8-16-13(10)17-14(12)19-2/h3-8H,1-2H3,(H,15,16,17). The first-order valence-electron chi connectivity index (χ1n) is 5.85. The van der Waals surface area contributed by atoms with Gasteiger partial charge in [-0.2, -0.15) is 0 Å². The van der Waals surface area contributed by atoms with Crippen LogP contribution in [0.3, 0.4) is 0 Å². The first-order valence-corrected chi connectivity index (χ1v) is 8.30. The van der Waals surface area contributed by atoms with Crippen LogP contribution in [0.25, 0.3) is 22.3 Å². The minimum Gasteiger partial charge on any atom is -0.333 e. The van der Waals surface area contributed by atoms with E-state index < -0.39 is 0 Å². The number of H-pyrrole nitrogens is 1. The summed E-state index contributed by atoms with van der Waals surface area (Å²) in [6, 6.07) is 10.2. The fraction of sp³-hybridized carbons (Fsp3) is 0.143. The molecule has 2 heterocycles. The molecule has 0 atom stereocenters. The highest BCUT2D eigenvalue weighted by Crippen LogP contribution is 2.38. The molecule has 3 rings (SSSR count). The van der Waals surface area contributed by atoms with E-state index in [-0.39, 0.29) is 0 Å². The van der Waals surface area contributed by atoms with Gasteiger partial charge in [-0.05, 0) is 12.5 Å². The number of nitrogens with one attached hydrogen (secondary N) is 1. The fourth-order valence-corrected chi connectivity index (χ4v) is 3.75. The Hall–Kier alpha value is -1.46. The van der Waals surface area contributed by atoms with Gasteiger partial charge in [0.15, 0.2) is 0 Å². The van der Waals surface area contributed by atoms with E-state index in [0.29, 0.717) is 0 Å². The SMILES string of the molecule is CSc1[nH]c2ncnc(-c3ccccc3)c2c1SC. The molecule has 3 aromatic rings. The van der Waals surface area contributed by atoms with Crippen molar-refractivity contribution >= 4 is 34.6 Å². The largest absolute Gasteiger partial charge is 0.333 e. The molecule has 0 fully saturated rings. The van der Waals surface area contributed by atoms with Crippen LogP contribution in [-0.2, 0) is 0 Å². The quantitative estimate of drug-likeness (QED) is 0.737. The van der Waals surface area contributed by atoms with Crippen molar-refractivity contribution in [2.24, 2.45) is 0 Å². The lowest BCUT2D eigenvalue weighted by Crippen LogP contribution is -1.87. The van der Waals surface area contributed by atoms with Crippen molar-refractivity contribution in [3.8, 4) is 11.3 Å². The predicted octanol–water partition coefficient (Wildman–Crippen LogP) is 4.07. The van der Waals surface area contributed by atoms with E-state index in [0.717, 1.165) is 27.3 Å². The molecule has 0 aliphatic rings. The summed E-state index contributed by atoms with van der Waals surface area (Å²) in [6.45, 7) is 0. The van der Waals surface area contributed by atoms with Crippen LogP contribution in [0.15, 0.2) is 46.6 Å². The predicted molar refractivity (Wildman–Crippen MR) is 82.9 cm³/mol. The van der Waals surface area contributed by atoms with Gasteiger partial charge in [0.05, 0.1) is 21.0 Å². The van der Waals surface area contributed by atoms with Crippen LogP contribution in [0.2, 0.25) is 0 Å². The molecule has 0 bridgehead atoms. The maximum absolute atomic E-state index is 4.48. The second-order valence-electron chi connectivity index (χ2n) is 4.00. The molecule has 19 heavy (non-hydrogen) atoms. The molecule has 0 saturated carbocycles. The molecule has 3 nitrogen and oxygen atoms in total. The van der Waals surface area contributed by atoms with Gasteiger partial charge < -0.3 is 4.98 Å². The third kappa shape index (κ3) is 2.13. The van der Waals surface area contributed by atoms with Crippen LogP contribution in [0.5, 0.6) is 0 Å². The van der Waals surface area contributed by atoms with E-state index in [1.807, 2.05) is 18.2 Å². The number of thioether (sulfide) groups is 2. The van der Waals surface area contributed by atoms with Gasteiger partial charge in [0, 0.05) is 5.56 Å². The van der Waals surface area contributed by atoms with E-state index in [1.54, 1.807) is 29.9 Å². The summed E-state index contributed by atoms with van der Waals surface area (Å²) in [5, 5.41) is 2.27. The average molecular weight is 287 g/mol. The lowest BCUT2D eigenvalue weighted by molar-refractivity contribution is 1.13. The van der Waals surface area contributed by atoms with E-state index in [2.05, 4.69) is 39.6 Å². The Bertz CT molecular complexity index is 707. The summed E-state index contributed by atoms with van der Waals surface area (Å²) in [5.74, 6) is 0. The summed E-state index contributed by atoms with van der Waals surface area (Å²) in [5.41, 5.74) is 3.02. The van der Waals surface area contributed by atoms with Gasteiger partial charge in [-0.25, -0.2) is 9.97 Å². The number of nitrogens with zero attached hydrogens (tertiary/aromatic N) is 2. The van der Waals surface area contributed by atoms with Crippen molar-refractivity contribution in [2.45, 2.75) is 9.92 Å². The number of aromatic amines is 1. The molecule has 0 radical (unpaired) electrons. The number of benzene rings is 1. The van der Waals surface area contributed by atoms with Crippen molar-refractivity contribution in [3.05, 3.63) is 36.7 Å². The highest BCUT2D eigenvalue weighted by atomic mass is 32.2. The molecule has 0 unspecified atom stereocenters. The zero-order chi connectivity index (χ0) is 13.2. The average Bonchev–Trinajstić information content (AvgIpc) is 2.85. The molecule has 0 spiro atoms. The summed E-state index contributed by atoms with van der Waals surface area (Å²) in [6.07, 6.45) is 5.78. The number of rotatable bonds is 3. The van der Waals surface area contributed by atoms with Gasteiger partial charge in [0.1, 0.15) is 12.0 Å². The van der Waals surface area contributed by atoms with Gasteiger partial charge in [0.25, 0.3) is 0 Å². The molecule has 2 aromatic heterocycles. The van der Waals surface area contributed by atoms with Crippen molar-refractivity contribution in [1.29, 1.82) is 0 Å². The molecular weight excluding hydrogens is 274 g/mol. The van der Waals surface area contributed by atoms with Crippen molar-refractivity contribution in [1.82, 2.24) is 15.0 Å². The Balaban J connectivity index is 2.34. The van der Waals surface area contributed by atoms with Crippen LogP contribution in [-0.4, -0.2) is 27.5 Å². The molecule has 0 aliphatic carbocycles. The van der Waals surface area contributed by atoms with Gasteiger partial charge in [-0.3, -0.25) is 0 Å². The maximum Gasteiger partial charge on any atom is 0.143 e. The van der Waals surface area contributed by atoms with Crippen LogP contribution < -0.4 is 0 Å². The molecule has 0 amide bonds. The highest BCUT2D eigenvalue weighted by molar-refractivity contribution is 8.01. The molecule has 96 valence electrons. The normalized spacial score (nSPS) is 11.1. The van der Waals surface area contributed by atoms with Gasteiger partial charge in [-0.15, -0.1) is 23.5 Å². The number of hydrogen-bond donors (Lipinski definition) is 1. The maximum atomic E-state index is 4.48. The van der Waals surface area contributed by atoms with Crippen LogP contribution in [0, 0.1) is 0 Å². The van der Waals surface area contributed by atoms with Gasteiger partial charge in [0.2, 0.25) is 0 Å². The summed E-state index contributed by atoms with van der Waals surface area (Å²) < 4.78 is 0. The summed E-state index contributed by atoms with van der Waals surface area (Å²) in [4.78, 5) is 13.4. The monoisotopic (exact) mass is 287 g/mol. The molecule has 1 aromatic carbocycles. The zero-order valence-corrected chi connectivity index (χ0v) is 12.3.